The third-order valence-corrected chi connectivity index (χ3v) is 7.16. The summed E-state index contributed by atoms with van der Waals surface area (Å²) in [4.78, 5) is 0. The Morgan fingerprint density at radius 2 is 1.47 bits per heavy atom. The minimum absolute atomic E-state index is 0.201. The van der Waals surface area contributed by atoms with Gasteiger partial charge in [-0.3, -0.25) is 0 Å². The Morgan fingerprint density at radius 3 is 2.16 bits per heavy atom. The standard InChI is InChI=1S/C30H43FO/c1-3-5-6-7-8-9-11-25-12-14-26(15-13-25)23-32-28-20-21-29(30(31)22-28)27-18-16-24(10-4-2)17-19-27/h16-22,25-26H,3-15,23H2,1-2H3/t25-,26-. The summed E-state index contributed by atoms with van der Waals surface area (Å²) >= 11 is 0. The van der Waals surface area contributed by atoms with Crippen LogP contribution in [0.4, 0.5) is 4.39 Å². The Labute approximate surface area is 195 Å². The van der Waals surface area contributed by atoms with Crippen molar-refractivity contribution < 1.29 is 9.13 Å². The number of ether oxygens (including phenoxy) is 1. The predicted molar refractivity (Wildman–Crippen MR) is 135 cm³/mol. The zero-order valence-electron chi connectivity index (χ0n) is 20.4. The Morgan fingerprint density at radius 1 is 0.781 bits per heavy atom. The first-order valence-electron chi connectivity index (χ1n) is 13.2. The fourth-order valence-corrected chi connectivity index (χ4v) is 5.07. The first-order chi connectivity index (χ1) is 15.7. The molecule has 1 aliphatic carbocycles. The molecule has 0 radical (unpaired) electrons. The van der Waals surface area contributed by atoms with E-state index >= 15 is 0 Å². The Hall–Kier alpha value is -1.83. The van der Waals surface area contributed by atoms with Gasteiger partial charge in [0.05, 0.1) is 6.61 Å². The van der Waals surface area contributed by atoms with E-state index in [0.29, 0.717) is 23.8 Å². The minimum atomic E-state index is -0.201. The van der Waals surface area contributed by atoms with Crippen LogP contribution in [0.1, 0.15) is 96.5 Å². The maximum Gasteiger partial charge on any atom is 0.134 e. The molecule has 0 aliphatic heterocycles. The summed E-state index contributed by atoms with van der Waals surface area (Å²) < 4.78 is 20.7. The molecule has 0 aromatic heterocycles. The molecule has 2 aromatic rings. The first kappa shape index (κ1) is 24.8. The quantitative estimate of drug-likeness (QED) is 0.283. The van der Waals surface area contributed by atoms with Crippen molar-refractivity contribution in [1.29, 1.82) is 0 Å². The highest BCUT2D eigenvalue weighted by Gasteiger charge is 2.21. The minimum Gasteiger partial charge on any atom is -0.493 e. The smallest absolute Gasteiger partial charge is 0.134 e. The van der Waals surface area contributed by atoms with Crippen LogP contribution in [0.5, 0.6) is 5.75 Å². The van der Waals surface area contributed by atoms with Crippen molar-refractivity contribution in [3.63, 3.8) is 0 Å². The summed E-state index contributed by atoms with van der Waals surface area (Å²) in [5.41, 5.74) is 2.88. The highest BCUT2D eigenvalue weighted by molar-refractivity contribution is 5.65. The second kappa shape index (κ2) is 13.7. The molecule has 0 heterocycles. The van der Waals surface area contributed by atoms with Gasteiger partial charge in [0, 0.05) is 11.6 Å². The van der Waals surface area contributed by atoms with Gasteiger partial charge in [-0.2, -0.15) is 0 Å². The van der Waals surface area contributed by atoms with Crippen molar-refractivity contribution in [2.45, 2.75) is 97.3 Å². The average molecular weight is 439 g/mol. The summed E-state index contributed by atoms with van der Waals surface area (Å²) in [5.74, 6) is 1.99. The topological polar surface area (TPSA) is 9.23 Å². The second-order valence-corrected chi connectivity index (χ2v) is 9.84. The van der Waals surface area contributed by atoms with Gasteiger partial charge in [0.1, 0.15) is 11.6 Å². The highest BCUT2D eigenvalue weighted by atomic mass is 19.1. The van der Waals surface area contributed by atoms with Crippen LogP contribution in [0.25, 0.3) is 11.1 Å². The van der Waals surface area contributed by atoms with Crippen molar-refractivity contribution in [1.82, 2.24) is 0 Å². The molecule has 0 N–H and O–H groups in total. The van der Waals surface area contributed by atoms with Gasteiger partial charge in [-0.15, -0.1) is 0 Å². The molecule has 0 atom stereocenters. The number of rotatable bonds is 13. The normalized spacial score (nSPS) is 18.6. The molecule has 1 nitrogen and oxygen atoms in total. The van der Waals surface area contributed by atoms with Crippen molar-refractivity contribution >= 4 is 0 Å². The largest absolute Gasteiger partial charge is 0.493 e. The van der Waals surface area contributed by atoms with Gasteiger partial charge >= 0.3 is 0 Å². The van der Waals surface area contributed by atoms with Crippen molar-refractivity contribution in [2.75, 3.05) is 6.61 Å². The van der Waals surface area contributed by atoms with Crippen LogP contribution in [-0.4, -0.2) is 6.61 Å². The van der Waals surface area contributed by atoms with Gasteiger partial charge in [0.2, 0.25) is 0 Å². The van der Waals surface area contributed by atoms with Crippen LogP contribution in [0.15, 0.2) is 42.5 Å². The van der Waals surface area contributed by atoms with E-state index in [4.69, 9.17) is 4.74 Å². The van der Waals surface area contributed by atoms with Gasteiger partial charge in [0.15, 0.2) is 0 Å². The molecule has 2 aromatic carbocycles. The number of hydrogen-bond donors (Lipinski definition) is 0. The number of aryl methyl sites for hydroxylation is 1. The maximum atomic E-state index is 14.7. The van der Waals surface area contributed by atoms with Gasteiger partial charge in [-0.25, -0.2) is 4.39 Å². The number of hydrogen-bond acceptors (Lipinski definition) is 1. The maximum absolute atomic E-state index is 14.7. The summed E-state index contributed by atoms with van der Waals surface area (Å²) in [6, 6.07) is 13.6. The third kappa shape index (κ3) is 7.94. The lowest BCUT2D eigenvalue weighted by atomic mass is 9.80. The number of benzene rings is 2. The molecule has 0 unspecified atom stereocenters. The van der Waals surface area contributed by atoms with Gasteiger partial charge in [-0.05, 0) is 54.4 Å². The van der Waals surface area contributed by atoms with E-state index < -0.39 is 0 Å². The zero-order valence-corrected chi connectivity index (χ0v) is 20.4. The lowest BCUT2D eigenvalue weighted by molar-refractivity contribution is 0.177. The first-order valence-corrected chi connectivity index (χ1v) is 13.2. The molecule has 2 heteroatoms. The van der Waals surface area contributed by atoms with Crippen LogP contribution in [0, 0.1) is 17.7 Å². The summed E-state index contributed by atoms with van der Waals surface area (Å²) in [6.45, 7) is 5.17. The molecule has 176 valence electrons. The molecule has 1 fully saturated rings. The molecule has 0 saturated heterocycles. The molecule has 32 heavy (non-hydrogen) atoms. The van der Waals surface area contributed by atoms with E-state index in [1.807, 2.05) is 24.3 Å². The van der Waals surface area contributed by atoms with Crippen LogP contribution in [-0.2, 0) is 6.42 Å². The zero-order chi connectivity index (χ0) is 22.6. The average Bonchev–Trinajstić information content (AvgIpc) is 2.82. The van der Waals surface area contributed by atoms with E-state index in [1.165, 1.54) is 76.2 Å². The summed E-state index contributed by atoms with van der Waals surface area (Å²) in [7, 11) is 0. The third-order valence-electron chi connectivity index (χ3n) is 7.16. The predicted octanol–water partition coefficient (Wildman–Crippen LogP) is 9.38. The molecule has 1 aliphatic rings. The SMILES string of the molecule is CCCCCCCC[C@H]1CC[C@H](COc2ccc(-c3ccc(CCC)cc3)c(F)c2)CC1. The molecule has 0 spiro atoms. The molecule has 3 rings (SSSR count). The second-order valence-electron chi connectivity index (χ2n) is 9.84. The monoisotopic (exact) mass is 438 g/mol. The fourth-order valence-electron chi connectivity index (χ4n) is 5.07. The fraction of sp³-hybridized carbons (Fsp3) is 0.600. The van der Waals surface area contributed by atoms with Crippen LogP contribution >= 0.6 is 0 Å². The Balaban J connectivity index is 1.38. The highest BCUT2D eigenvalue weighted by Crippen LogP contribution is 2.33. The van der Waals surface area contributed by atoms with Gasteiger partial charge in [0.25, 0.3) is 0 Å². The number of unbranched alkanes of at least 4 members (excludes halogenated alkanes) is 5. The van der Waals surface area contributed by atoms with E-state index in [0.717, 1.165) is 24.3 Å². The van der Waals surface area contributed by atoms with Crippen molar-refractivity contribution in [3.05, 3.63) is 53.8 Å². The van der Waals surface area contributed by atoms with Crippen LogP contribution in [0.3, 0.4) is 0 Å². The van der Waals surface area contributed by atoms with Crippen molar-refractivity contribution in [3.8, 4) is 16.9 Å². The molecule has 0 bridgehead atoms. The van der Waals surface area contributed by atoms with E-state index in [2.05, 4.69) is 26.0 Å². The Bertz CT molecular complexity index is 774. The molecule has 0 amide bonds. The Kier molecular flexibility index (Phi) is 10.6. The van der Waals surface area contributed by atoms with Crippen LogP contribution in [0.2, 0.25) is 0 Å². The van der Waals surface area contributed by atoms with Gasteiger partial charge < -0.3 is 4.74 Å². The summed E-state index contributed by atoms with van der Waals surface area (Å²) in [5, 5.41) is 0. The van der Waals surface area contributed by atoms with Crippen molar-refractivity contribution in [2.24, 2.45) is 11.8 Å². The van der Waals surface area contributed by atoms with E-state index in [9.17, 15) is 4.39 Å². The molecule has 1 saturated carbocycles. The molecular formula is C30H43FO. The molecular weight excluding hydrogens is 395 g/mol. The lowest BCUT2D eigenvalue weighted by Gasteiger charge is -2.28. The summed E-state index contributed by atoms with van der Waals surface area (Å²) in [6.07, 6.45) is 17.1. The van der Waals surface area contributed by atoms with E-state index in [-0.39, 0.29) is 5.82 Å². The lowest BCUT2D eigenvalue weighted by Crippen LogP contribution is -2.20. The number of halogens is 1. The van der Waals surface area contributed by atoms with Crippen LogP contribution < -0.4 is 4.74 Å². The van der Waals surface area contributed by atoms with Gasteiger partial charge in [-0.1, -0.05) is 102 Å². The van der Waals surface area contributed by atoms with E-state index in [1.54, 1.807) is 6.07 Å².